The van der Waals surface area contributed by atoms with Gasteiger partial charge in [-0.05, 0) is 68.7 Å². The smallest absolute Gasteiger partial charge is 0.263 e. The summed E-state index contributed by atoms with van der Waals surface area (Å²) in [7, 11) is -3.99. The molecule has 0 aromatic heterocycles. The van der Waals surface area contributed by atoms with Crippen LogP contribution >= 0.6 is 11.6 Å². The zero-order valence-electron chi connectivity index (χ0n) is 17.9. The van der Waals surface area contributed by atoms with Crippen LogP contribution in [0.3, 0.4) is 0 Å². The van der Waals surface area contributed by atoms with Gasteiger partial charge in [0.15, 0.2) is 0 Å². The van der Waals surface area contributed by atoms with Crippen LogP contribution in [0.1, 0.15) is 45.6 Å². The van der Waals surface area contributed by atoms with E-state index in [1.54, 1.807) is 12.1 Å². The number of benzene rings is 3. The molecule has 1 atom stereocenters. The molecular formula is C24H25ClN2O3S. The molecule has 2 N–H and O–H groups in total. The molecule has 0 saturated carbocycles. The van der Waals surface area contributed by atoms with Crippen LogP contribution in [0.15, 0.2) is 65.6 Å². The Morgan fingerprint density at radius 3 is 2.32 bits per heavy atom. The van der Waals surface area contributed by atoms with Gasteiger partial charge in [-0.15, -0.1) is 0 Å². The molecule has 0 aliphatic carbocycles. The van der Waals surface area contributed by atoms with Gasteiger partial charge in [0.25, 0.3) is 15.9 Å². The van der Waals surface area contributed by atoms with Gasteiger partial charge >= 0.3 is 0 Å². The third-order valence-electron chi connectivity index (χ3n) is 5.26. The van der Waals surface area contributed by atoms with Crippen molar-refractivity contribution in [3.63, 3.8) is 0 Å². The van der Waals surface area contributed by atoms with Gasteiger partial charge in [0, 0.05) is 5.56 Å². The van der Waals surface area contributed by atoms with E-state index in [0.717, 1.165) is 22.3 Å². The summed E-state index contributed by atoms with van der Waals surface area (Å²) in [5.74, 6) is -0.382. The lowest BCUT2D eigenvalue weighted by Gasteiger charge is -2.16. The molecule has 3 aromatic rings. The van der Waals surface area contributed by atoms with Crippen LogP contribution in [0.25, 0.3) is 0 Å². The quantitative estimate of drug-likeness (QED) is 0.510. The van der Waals surface area contributed by atoms with Crippen molar-refractivity contribution in [1.29, 1.82) is 0 Å². The first-order chi connectivity index (χ1) is 14.6. The van der Waals surface area contributed by atoms with Crippen molar-refractivity contribution in [2.24, 2.45) is 0 Å². The number of anilines is 1. The van der Waals surface area contributed by atoms with Crippen LogP contribution < -0.4 is 10.0 Å². The van der Waals surface area contributed by atoms with E-state index in [9.17, 15) is 13.2 Å². The van der Waals surface area contributed by atoms with E-state index in [4.69, 9.17) is 11.6 Å². The normalized spacial score (nSPS) is 12.3. The molecule has 3 rings (SSSR count). The Morgan fingerprint density at radius 2 is 1.65 bits per heavy atom. The zero-order valence-corrected chi connectivity index (χ0v) is 19.4. The van der Waals surface area contributed by atoms with E-state index in [1.807, 2.05) is 58.0 Å². The molecule has 3 aromatic carbocycles. The molecule has 1 amide bonds. The van der Waals surface area contributed by atoms with E-state index >= 15 is 0 Å². The Labute approximate surface area is 188 Å². The van der Waals surface area contributed by atoms with E-state index in [2.05, 4.69) is 10.0 Å². The maximum atomic E-state index is 13.0. The highest BCUT2D eigenvalue weighted by Gasteiger charge is 2.22. The number of rotatable bonds is 6. The Kier molecular flexibility index (Phi) is 6.72. The molecule has 0 bridgehead atoms. The Hall–Kier alpha value is -2.83. The van der Waals surface area contributed by atoms with Crippen molar-refractivity contribution < 1.29 is 13.2 Å². The van der Waals surface area contributed by atoms with Gasteiger partial charge < -0.3 is 5.32 Å². The number of carbonyl (C=O) groups is 1. The second-order valence-electron chi connectivity index (χ2n) is 7.60. The largest absolute Gasteiger partial charge is 0.346 e. The van der Waals surface area contributed by atoms with Gasteiger partial charge in [0.05, 0.1) is 16.8 Å². The number of amides is 1. The lowest BCUT2D eigenvalue weighted by Crippen LogP contribution is -2.27. The molecule has 31 heavy (non-hydrogen) atoms. The second-order valence-corrected chi connectivity index (χ2v) is 9.66. The van der Waals surface area contributed by atoms with Crippen molar-refractivity contribution in [3.05, 3.63) is 93.5 Å². The van der Waals surface area contributed by atoms with Crippen LogP contribution in [0, 0.1) is 20.8 Å². The number of halogens is 1. The minimum atomic E-state index is -3.99. The van der Waals surface area contributed by atoms with Crippen LogP contribution in [0.5, 0.6) is 0 Å². The summed E-state index contributed by atoms with van der Waals surface area (Å²) in [4.78, 5) is 12.6. The third-order valence-corrected chi connectivity index (χ3v) is 7.10. The third kappa shape index (κ3) is 5.27. The number of nitrogens with one attached hydrogen (secondary N) is 2. The van der Waals surface area contributed by atoms with Gasteiger partial charge in [-0.25, -0.2) is 8.42 Å². The highest BCUT2D eigenvalue weighted by atomic mass is 35.5. The predicted octanol–water partition coefficient (Wildman–Crippen LogP) is 5.56. The number of aryl methyl sites for hydroxylation is 2. The van der Waals surface area contributed by atoms with Gasteiger partial charge in [-0.2, -0.15) is 0 Å². The van der Waals surface area contributed by atoms with Crippen molar-refractivity contribution >= 4 is 33.2 Å². The van der Waals surface area contributed by atoms with Gasteiger partial charge in [-0.3, -0.25) is 9.52 Å². The van der Waals surface area contributed by atoms with Crippen LogP contribution in [-0.4, -0.2) is 14.3 Å². The minimum Gasteiger partial charge on any atom is -0.346 e. The summed E-state index contributed by atoms with van der Waals surface area (Å²) < 4.78 is 28.6. The van der Waals surface area contributed by atoms with Crippen molar-refractivity contribution in [3.8, 4) is 0 Å². The Balaban J connectivity index is 1.85. The molecular weight excluding hydrogens is 432 g/mol. The summed E-state index contributed by atoms with van der Waals surface area (Å²) in [6, 6.07) is 17.2. The van der Waals surface area contributed by atoms with E-state index in [-0.39, 0.29) is 27.4 Å². The average Bonchev–Trinajstić information content (AvgIpc) is 2.72. The van der Waals surface area contributed by atoms with Crippen molar-refractivity contribution in [2.45, 2.75) is 38.6 Å². The number of hydrogen-bond donors (Lipinski definition) is 2. The molecule has 0 heterocycles. The van der Waals surface area contributed by atoms with E-state index < -0.39 is 10.0 Å². The van der Waals surface area contributed by atoms with Crippen LogP contribution in [-0.2, 0) is 10.0 Å². The average molecular weight is 457 g/mol. The number of sulfonamides is 1. The highest BCUT2D eigenvalue weighted by Crippen LogP contribution is 2.27. The highest BCUT2D eigenvalue weighted by molar-refractivity contribution is 7.92. The SMILES string of the molecule is Cc1ccc([C@@H](C)NC(=O)c2ccc(Cl)c(S(=O)(=O)Nc3cccc(C)c3C)c2)cc1. The zero-order chi connectivity index (χ0) is 22.8. The molecule has 0 fully saturated rings. The molecule has 7 heteroatoms. The van der Waals surface area contributed by atoms with Gasteiger partial charge in [0.1, 0.15) is 4.90 Å². The Morgan fingerprint density at radius 1 is 0.968 bits per heavy atom. The fourth-order valence-corrected chi connectivity index (χ4v) is 4.78. The first-order valence-electron chi connectivity index (χ1n) is 9.84. The molecule has 0 aliphatic rings. The molecule has 0 spiro atoms. The molecule has 0 unspecified atom stereocenters. The summed E-state index contributed by atoms with van der Waals surface area (Å²) in [5.41, 5.74) is 4.56. The lowest BCUT2D eigenvalue weighted by molar-refractivity contribution is 0.0939. The fraction of sp³-hybridized carbons (Fsp3) is 0.208. The minimum absolute atomic E-state index is 0.0425. The maximum absolute atomic E-state index is 13.0. The van der Waals surface area contributed by atoms with Crippen LogP contribution in [0.4, 0.5) is 5.69 Å². The molecule has 162 valence electrons. The summed E-state index contributed by atoms with van der Waals surface area (Å²) in [6.45, 7) is 7.61. The van der Waals surface area contributed by atoms with Crippen LogP contribution in [0.2, 0.25) is 5.02 Å². The summed E-state index contributed by atoms with van der Waals surface area (Å²) in [5, 5.41) is 2.94. The first-order valence-corrected chi connectivity index (χ1v) is 11.7. The maximum Gasteiger partial charge on any atom is 0.263 e. The Bertz CT molecular complexity index is 1220. The molecule has 5 nitrogen and oxygen atoms in total. The lowest BCUT2D eigenvalue weighted by atomic mass is 10.1. The number of carbonyl (C=O) groups excluding carboxylic acids is 1. The fourth-order valence-electron chi connectivity index (χ4n) is 3.13. The summed E-state index contributed by atoms with van der Waals surface area (Å²) >= 11 is 6.19. The predicted molar refractivity (Wildman–Crippen MR) is 125 cm³/mol. The monoisotopic (exact) mass is 456 g/mol. The molecule has 0 aliphatic heterocycles. The number of hydrogen-bond acceptors (Lipinski definition) is 3. The molecule has 0 radical (unpaired) electrons. The summed E-state index contributed by atoms with van der Waals surface area (Å²) in [6.07, 6.45) is 0. The van der Waals surface area contributed by atoms with Crippen molar-refractivity contribution in [2.75, 3.05) is 4.72 Å². The van der Waals surface area contributed by atoms with E-state index in [1.165, 1.54) is 18.2 Å². The van der Waals surface area contributed by atoms with Gasteiger partial charge in [-0.1, -0.05) is 53.6 Å². The second kappa shape index (κ2) is 9.12. The standard InChI is InChI=1S/C24H25ClN2O3S/c1-15-8-10-19(11-9-15)18(4)26-24(28)20-12-13-21(25)23(14-20)31(29,30)27-22-7-5-6-16(2)17(22)3/h5-14,18,27H,1-4H3,(H,26,28)/t18-/m1/s1. The molecule has 0 saturated heterocycles. The first kappa shape index (κ1) is 22.8. The topological polar surface area (TPSA) is 75.3 Å². The van der Waals surface area contributed by atoms with Gasteiger partial charge in [0.2, 0.25) is 0 Å². The van der Waals surface area contributed by atoms with E-state index in [0.29, 0.717) is 5.69 Å². The van der Waals surface area contributed by atoms with Crippen molar-refractivity contribution in [1.82, 2.24) is 5.32 Å².